The topological polar surface area (TPSA) is 29.8 Å². The molecular formula is C22H25N3OS. The van der Waals surface area contributed by atoms with Crippen molar-refractivity contribution in [2.24, 2.45) is 4.99 Å². The average Bonchev–Trinajstić information content (AvgIpc) is 3.05. The molecule has 0 radical (unpaired) electrons. The summed E-state index contributed by atoms with van der Waals surface area (Å²) in [6.07, 6.45) is 0. The van der Waals surface area contributed by atoms with Crippen molar-refractivity contribution in [1.29, 1.82) is 0 Å². The van der Waals surface area contributed by atoms with Gasteiger partial charge in [0.05, 0.1) is 37.7 Å². The predicted molar refractivity (Wildman–Crippen MR) is 112 cm³/mol. The van der Waals surface area contributed by atoms with Crippen LogP contribution in [0.1, 0.15) is 16.7 Å². The SMILES string of the molecule is Cc1cc(C)c(-c2csc(=Nc3ccccc3)n2N2CCOCC2)c(C)c1. The first kappa shape index (κ1) is 18.0. The third-order valence-corrected chi connectivity index (χ3v) is 5.69. The summed E-state index contributed by atoms with van der Waals surface area (Å²) in [5.41, 5.74) is 7.41. The Balaban J connectivity index is 1.92. The Morgan fingerprint density at radius 2 is 1.63 bits per heavy atom. The highest BCUT2D eigenvalue weighted by atomic mass is 32.1. The number of aromatic nitrogens is 1. The predicted octanol–water partition coefficient (Wildman–Crippen LogP) is 4.34. The van der Waals surface area contributed by atoms with Crippen LogP contribution in [0, 0.1) is 20.8 Å². The highest BCUT2D eigenvalue weighted by Crippen LogP contribution is 2.29. The first-order valence-corrected chi connectivity index (χ1v) is 10.2. The molecule has 1 fully saturated rings. The molecule has 0 bridgehead atoms. The fourth-order valence-electron chi connectivity index (χ4n) is 3.77. The van der Waals surface area contributed by atoms with E-state index in [-0.39, 0.29) is 0 Å². The maximum Gasteiger partial charge on any atom is 0.209 e. The molecule has 3 aromatic rings. The molecule has 2 heterocycles. The number of hydrogen-bond donors (Lipinski definition) is 0. The minimum Gasteiger partial charge on any atom is -0.378 e. The summed E-state index contributed by atoms with van der Waals surface area (Å²) in [5.74, 6) is 0. The second-order valence-electron chi connectivity index (χ2n) is 7.00. The zero-order chi connectivity index (χ0) is 18.8. The highest BCUT2D eigenvalue weighted by Gasteiger charge is 2.19. The number of rotatable bonds is 3. The number of aryl methyl sites for hydroxylation is 3. The van der Waals surface area contributed by atoms with Gasteiger partial charge < -0.3 is 9.75 Å². The van der Waals surface area contributed by atoms with Crippen molar-refractivity contribution in [3.05, 3.63) is 69.3 Å². The van der Waals surface area contributed by atoms with Gasteiger partial charge >= 0.3 is 0 Å². The van der Waals surface area contributed by atoms with Crippen molar-refractivity contribution in [2.45, 2.75) is 20.8 Å². The lowest BCUT2D eigenvalue weighted by molar-refractivity contribution is 0.111. The van der Waals surface area contributed by atoms with Gasteiger partial charge in [0.15, 0.2) is 0 Å². The van der Waals surface area contributed by atoms with Gasteiger partial charge in [-0.15, -0.1) is 11.3 Å². The summed E-state index contributed by atoms with van der Waals surface area (Å²) in [4.78, 5) is 5.94. The Hall–Kier alpha value is -2.37. The van der Waals surface area contributed by atoms with E-state index in [0.717, 1.165) is 36.8 Å². The molecule has 1 aromatic heterocycles. The summed E-state index contributed by atoms with van der Waals surface area (Å²) in [6.45, 7) is 9.79. The van der Waals surface area contributed by atoms with Gasteiger partial charge in [-0.2, -0.15) is 0 Å². The van der Waals surface area contributed by atoms with Crippen LogP contribution in [0.3, 0.4) is 0 Å². The van der Waals surface area contributed by atoms with Crippen molar-refractivity contribution in [2.75, 3.05) is 31.3 Å². The van der Waals surface area contributed by atoms with Crippen LogP contribution in [0.2, 0.25) is 0 Å². The zero-order valence-electron chi connectivity index (χ0n) is 16.1. The third kappa shape index (κ3) is 3.70. The summed E-state index contributed by atoms with van der Waals surface area (Å²) < 4.78 is 7.88. The lowest BCUT2D eigenvalue weighted by Gasteiger charge is -2.31. The fourth-order valence-corrected chi connectivity index (χ4v) is 4.68. The van der Waals surface area contributed by atoms with E-state index in [2.05, 4.69) is 48.0 Å². The molecule has 2 aromatic carbocycles. The van der Waals surface area contributed by atoms with Crippen molar-refractivity contribution in [3.63, 3.8) is 0 Å². The molecule has 0 atom stereocenters. The average molecular weight is 380 g/mol. The first-order chi connectivity index (χ1) is 13.1. The number of ether oxygens (including phenoxy) is 1. The minimum atomic E-state index is 0.749. The van der Waals surface area contributed by atoms with E-state index in [1.54, 1.807) is 11.3 Å². The molecule has 0 N–H and O–H groups in total. The fraction of sp³-hybridized carbons (Fsp3) is 0.318. The second-order valence-corrected chi connectivity index (χ2v) is 7.84. The Morgan fingerprint density at radius 3 is 2.30 bits per heavy atom. The molecule has 5 heteroatoms. The Bertz CT molecular complexity index is 975. The minimum absolute atomic E-state index is 0.749. The molecule has 4 nitrogen and oxygen atoms in total. The number of hydrogen-bond acceptors (Lipinski definition) is 4. The number of benzene rings is 2. The van der Waals surface area contributed by atoms with Crippen LogP contribution >= 0.6 is 11.3 Å². The summed E-state index contributed by atoms with van der Waals surface area (Å²) in [5, 5.41) is 4.59. The van der Waals surface area contributed by atoms with Crippen molar-refractivity contribution >= 4 is 17.0 Å². The van der Waals surface area contributed by atoms with Crippen molar-refractivity contribution in [1.82, 2.24) is 4.68 Å². The zero-order valence-corrected chi connectivity index (χ0v) is 16.9. The van der Waals surface area contributed by atoms with Crippen LogP contribution in [0.25, 0.3) is 11.3 Å². The molecule has 0 unspecified atom stereocenters. The summed E-state index contributed by atoms with van der Waals surface area (Å²) in [6, 6.07) is 14.7. The highest BCUT2D eigenvalue weighted by molar-refractivity contribution is 7.07. The molecule has 27 heavy (non-hydrogen) atoms. The molecule has 1 aliphatic rings. The molecule has 140 valence electrons. The van der Waals surface area contributed by atoms with Crippen molar-refractivity contribution in [3.8, 4) is 11.3 Å². The quantitative estimate of drug-likeness (QED) is 0.677. The largest absolute Gasteiger partial charge is 0.378 e. The molecule has 4 rings (SSSR count). The second kappa shape index (κ2) is 7.71. The van der Waals surface area contributed by atoms with Crippen LogP contribution in [-0.2, 0) is 4.74 Å². The van der Waals surface area contributed by atoms with E-state index in [1.807, 2.05) is 30.3 Å². The first-order valence-electron chi connectivity index (χ1n) is 9.35. The van der Waals surface area contributed by atoms with E-state index in [9.17, 15) is 0 Å². The van der Waals surface area contributed by atoms with Gasteiger partial charge in [-0.3, -0.25) is 0 Å². The number of morpholine rings is 1. The number of thiazole rings is 1. The maximum absolute atomic E-state index is 5.58. The summed E-state index contributed by atoms with van der Waals surface area (Å²) in [7, 11) is 0. The number of para-hydroxylation sites is 1. The van der Waals surface area contributed by atoms with E-state index in [0.29, 0.717) is 0 Å². The van der Waals surface area contributed by atoms with Gasteiger partial charge in [0, 0.05) is 10.9 Å². The van der Waals surface area contributed by atoms with Crippen LogP contribution < -0.4 is 9.81 Å². The maximum atomic E-state index is 5.58. The normalized spacial score (nSPS) is 15.4. The van der Waals surface area contributed by atoms with E-state index >= 15 is 0 Å². The molecule has 0 aliphatic carbocycles. The van der Waals surface area contributed by atoms with Gasteiger partial charge in [0.25, 0.3) is 0 Å². The Kier molecular flexibility index (Phi) is 5.14. The van der Waals surface area contributed by atoms with Gasteiger partial charge in [0.2, 0.25) is 4.80 Å². The molecule has 1 saturated heterocycles. The monoisotopic (exact) mass is 379 g/mol. The lowest BCUT2D eigenvalue weighted by atomic mass is 9.98. The number of nitrogens with zero attached hydrogens (tertiary/aromatic N) is 3. The van der Waals surface area contributed by atoms with Gasteiger partial charge in [-0.25, -0.2) is 9.67 Å². The molecular weight excluding hydrogens is 354 g/mol. The molecule has 0 amide bonds. The third-order valence-electron chi connectivity index (χ3n) is 4.87. The van der Waals surface area contributed by atoms with E-state index in [4.69, 9.17) is 9.73 Å². The van der Waals surface area contributed by atoms with E-state index in [1.165, 1.54) is 27.9 Å². The Morgan fingerprint density at radius 1 is 0.963 bits per heavy atom. The summed E-state index contributed by atoms with van der Waals surface area (Å²) >= 11 is 1.69. The molecule has 0 saturated carbocycles. The van der Waals surface area contributed by atoms with Crippen LogP contribution in [0.15, 0.2) is 52.8 Å². The van der Waals surface area contributed by atoms with Gasteiger partial charge in [0.1, 0.15) is 0 Å². The van der Waals surface area contributed by atoms with Crippen LogP contribution in [-0.4, -0.2) is 31.0 Å². The molecule has 0 spiro atoms. The van der Waals surface area contributed by atoms with Crippen molar-refractivity contribution < 1.29 is 4.74 Å². The lowest BCUT2D eigenvalue weighted by Crippen LogP contribution is -2.48. The molecule has 1 aliphatic heterocycles. The standard InChI is InChI=1S/C22H25N3OS/c1-16-13-17(2)21(18(3)14-16)20-15-27-22(23-19-7-5-4-6-8-19)25(20)24-9-11-26-12-10-24/h4-8,13-15H,9-12H2,1-3H3. The van der Waals surface area contributed by atoms with Gasteiger partial charge in [-0.1, -0.05) is 35.9 Å². The van der Waals surface area contributed by atoms with E-state index < -0.39 is 0 Å². The van der Waals surface area contributed by atoms with Crippen LogP contribution in [0.4, 0.5) is 5.69 Å². The smallest absolute Gasteiger partial charge is 0.209 e. The van der Waals surface area contributed by atoms with Gasteiger partial charge in [-0.05, 0) is 44.0 Å². The Labute approximate surface area is 164 Å². The van der Waals surface area contributed by atoms with Crippen LogP contribution in [0.5, 0.6) is 0 Å².